The first kappa shape index (κ1) is 13.4. The van der Waals surface area contributed by atoms with E-state index in [2.05, 4.69) is 25.9 Å². The minimum Gasteiger partial charge on any atom is -0.507 e. The highest BCUT2D eigenvalue weighted by atomic mass is 79.9. The topological polar surface area (TPSA) is 122 Å². The Kier molecular flexibility index (Phi) is 3.46. The molecule has 1 aromatic carbocycles. The zero-order valence-corrected chi connectivity index (χ0v) is 11.7. The second-order valence-corrected chi connectivity index (χ2v) is 4.85. The molecule has 6 nitrogen and oxygen atoms in total. The van der Waals surface area contributed by atoms with Crippen LogP contribution in [0.3, 0.4) is 0 Å². The van der Waals surface area contributed by atoms with E-state index in [9.17, 15) is 5.11 Å². The molecule has 96 valence electrons. The van der Waals surface area contributed by atoms with Crippen LogP contribution in [0.4, 0.5) is 11.8 Å². The van der Waals surface area contributed by atoms with E-state index < -0.39 is 0 Å². The number of nitrogens with two attached hydrogens (primary N) is 2. The smallest absolute Gasteiger partial charge is 0.222 e. The van der Waals surface area contributed by atoms with Crippen molar-refractivity contribution in [3.63, 3.8) is 0 Å². The molecular formula is C11H7BrClN5O. The fourth-order valence-corrected chi connectivity index (χ4v) is 2.02. The molecule has 0 amide bonds. The molecular weight excluding hydrogens is 334 g/mol. The summed E-state index contributed by atoms with van der Waals surface area (Å²) in [7, 11) is 0. The van der Waals surface area contributed by atoms with Gasteiger partial charge < -0.3 is 16.6 Å². The number of anilines is 2. The fourth-order valence-electron chi connectivity index (χ4n) is 1.53. The highest BCUT2D eigenvalue weighted by Crippen LogP contribution is 2.37. The number of aromatic hydroxyl groups is 1. The molecule has 2 rings (SSSR count). The number of nitrogens with zero attached hydrogens (tertiary/aromatic N) is 3. The van der Waals surface area contributed by atoms with Gasteiger partial charge in [0.2, 0.25) is 5.95 Å². The minimum atomic E-state index is -0.106. The van der Waals surface area contributed by atoms with E-state index >= 15 is 0 Å². The summed E-state index contributed by atoms with van der Waals surface area (Å²) in [6.45, 7) is 0. The van der Waals surface area contributed by atoms with Gasteiger partial charge in [-0.3, -0.25) is 0 Å². The Balaban J connectivity index is 2.79. The summed E-state index contributed by atoms with van der Waals surface area (Å²) in [5, 5.41) is 19.4. The van der Waals surface area contributed by atoms with E-state index in [1.54, 1.807) is 0 Å². The number of hydrogen-bond donors (Lipinski definition) is 3. The predicted molar refractivity (Wildman–Crippen MR) is 75.4 cm³/mol. The molecule has 0 spiro atoms. The SMILES string of the molecule is N#Cc1c(N)nc(N)nc1-c1cc(Cl)c(Br)cc1O. The summed E-state index contributed by atoms with van der Waals surface area (Å²) < 4.78 is 0.518. The maximum absolute atomic E-state index is 9.93. The predicted octanol–water partition coefficient (Wildman–Crippen LogP) is 2.30. The van der Waals surface area contributed by atoms with Crippen LogP contribution in [0.15, 0.2) is 16.6 Å². The van der Waals surface area contributed by atoms with E-state index in [0.717, 1.165) is 0 Å². The number of aromatic nitrogens is 2. The molecule has 19 heavy (non-hydrogen) atoms. The molecule has 0 radical (unpaired) electrons. The summed E-state index contributed by atoms with van der Waals surface area (Å²) in [4.78, 5) is 7.64. The third kappa shape index (κ3) is 2.41. The Labute approximate surface area is 121 Å². The Hall–Kier alpha value is -2.04. The van der Waals surface area contributed by atoms with Gasteiger partial charge in [0.25, 0.3) is 0 Å². The third-order valence-electron chi connectivity index (χ3n) is 2.36. The lowest BCUT2D eigenvalue weighted by molar-refractivity contribution is 0.477. The standard InChI is InChI=1S/C11H7BrClN5O/c12-6-2-8(19)4(1-7(6)13)9-5(3-14)10(15)18-11(16)17-9/h1-2,19H,(H4,15,16,17,18). The first-order valence-electron chi connectivity index (χ1n) is 4.95. The quantitative estimate of drug-likeness (QED) is 0.732. The van der Waals surface area contributed by atoms with Crippen molar-refractivity contribution >= 4 is 39.3 Å². The number of phenolic OH excluding ortho intramolecular Hbond substituents is 1. The zero-order chi connectivity index (χ0) is 14.2. The normalized spacial score (nSPS) is 10.2. The maximum atomic E-state index is 9.93. The second-order valence-electron chi connectivity index (χ2n) is 3.59. The zero-order valence-electron chi connectivity index (χ0n) is 9.35. The monoisotopic (exact) mass is 339 g/mol. The van der Waals surface area contributed by atoms with E-state index in [1.165, 1.54) is 12.1 Å². The highest BCUT2D eigenvalue weighted by Gasteiger charge is 2.17. The average molecular weight is 341 g/mol. The third-order valence-corrected chi connectivity index (χ3v) is 3.56. The molecule has 1 heterocycles. The van der Waals surface area contributed by atoms with Gasteiger partial charge in [-0.25, -0.2) is 4.98 Å². The summed E-state index contributed by atoms with van der Waals surface area (Å²) in [6, 6.07) is 4.74. The van der Waals surface area contributed by atoms with Crippen LogP contribution >= 0.6 is 27.5 Å². The molecule has 0 aliphatic rings. The fraction of sp³-hybridized carbons (Fsp3) is 0. The number of phenols is 1. The number of nitriles is 1. The number of nitrogen functional groups attached to an aromatic ring is 2. The van der Waals surface area contributed by atoms with Crippen LogP contribution in [0.1, 0.15) is 5.56 Å². The van der Waals surface area contributed by atoms with Gasteiger partial charge in [-0.2, -0.15) is 10.2 Å². The van der Waals surface area contributed by atoms with Crippen molar-refractivity contribution in [2.24, 2.45) is 0 Å². The first-order chi connectivity index (χ1) is 8.93. The van der Waals surface area contributed by atoms with Crippen molar-refractivity contribution in [3.05, 3.63) is 27.2 Å². The van der Waals surface area contributed by atoms with Gasteiger partial charge in [0.05, 0.1) is 10.7 Å². The van der Waals surface area contributed by atoms with Crippen LogP contribution in [0.2, 0.25) is 5.02 Å². The van der Waals surface area contributed by atoms with Gasteiger partial charge in [0.1, 0.15) is 23.2 Å². The van der Waals surface area contributed by atoms with E-state index in [4.69, 9.17) is 28.3 Å². The molecule has 0 saturated carbocycles. The Morgan fingerprint density at radius 1 is 1.32 bits per heavy atom. The molecule has 1 aromatic heterocycles. The molecule has 0 aliphatic carbocycles. The van der Waals surface area contributed by atoms with Gasteiger partial charge >= 0.3 is 0 Å². The molecule has 0 fully saturated rings. The highest BCUT2D eigenvalue weighted by molar-refractivity contribution is 9.10. The van der Waals surface area contributed by atoms with Crippen LogP contribution in [-0.4, -0.2) is 15.1 Å². The van der Waals surface area contributed by atoms with Gasteiger partial charge in [0.15, 0.2) is 0 Å². The summed E-state index contributed by atoms with van der Waals surface area (Å²) in [6.07, 6.45) is 0. The van der Waals surface area contributed by atoms with Crippen LogP contribution in [0.25, 0.3) is 11.3 Å². The Morgan fingerprint density at radius 3 is 2.63 bits per heavy atom. The maximum Gasteiger partial charge on any atom is 0.222 e. The summed E-state index contributed by atoms with van der Waals surface area (Å²) in [5.74, 6) is -0.251. The van der Waals surface area contributed by atoms with Gasteiger partial charge in [-0.05, 0) is 28.1 Å². The van der Waals surface area contributed by atoms with Crippen molar-refractivity contribution in [1.29, 1.82) is 5.26 Å². The molecule has 0 unspecified atom stereocenters. The van der Waals surface area contributed by atoms with Gasteiger partial charge in [-0.15, -0.1) is 0 Å². The lowest BCUT2D eigenvalue weighted by Crippen LogP contribution is -2.05. The summed E-state index contributed by atoms with van der Waals surface area (Å²) in [5.41, 5.74) is 11.5. The molecule has 0 aliphatic heterocycles. The summed E-state index contributed by atoms with van der Waals surface area (Å²) >= 11 is 9.14. The van der Waals surface area contributed by atoms with Crippen LogP contribution in [-0.2, 0) is 0 Å². The van der Waals surface area contributed by atoms with Crippen molar-refractivity contribution in [3.8, 4) is 23.1 Å². The van der Waals surface area contributed by atoms with Gasteiger partial charge in [0, 0.05) is 10.0 Å². The molecule has 0 atom stereocenters. The Morgan fingerprint density at radius 2 is 2.00 bits per heavy atom. The van der Waals surface area contributed by atoms with Crippen molar-refractivity contribution in [2.75, 3.05) is 11.5 Å². The number of hydrogen-bond acceptors (Lipinski definition) is 6. The number of rotatable bonds is 1. The molecule has 8 heteroatoms. The van der Waals surface area contributed by atoms with Crippen LogP contribution in [0, 0.1) is 11.3 Å². The average Bonchev–Trinajstić information content (AvgIpc) is 2.33. The van der Waals surface area contributed by atoms with Crippen LogP contribution < -0.4 is 11.5 Å². The minimum absolute atomic E-state index is 0.0305. The van der Waals surface area contributed by atoms with Gasteiger partial charge in [-0.1, -0.05) is 11.6 Å². The van der Waals surface area contributed by atoms with Crippen molar-refractivity contribution < 1.29 is 5.11 Å². The second kappa shape index (κ2) is 4.91. The Bertz CT molecular complexity index is 713. The van der Waals surface area contributed by atoms with Crippen molar-refractivity contribution in [2.45, 2.75) is 0 Å². The van der Waals surface area contributed by atoms with E-state index in [-0.39, 0.29) is 34.3 Å². The first-order valence-corrected chi connectivity index (χ1v) is 6.12. The van der Waals surface area contributed by atoms with Crippen molar-refractivity contribution in [1.82, 2.24) is 9.97 Å². The molecule has 0 saturated heterocycles. The lowest BCUT2D eigenvalue weighted by atomic mass is 10.1. The number of benzene rings is 1. The number of halogens is 2. The molecule has 0 bridgehead atoms. The van der Waals surface area contributed by atoms with E-state index in [1.807, 2.05) is 6.07 Å². The van der Waals surface area contributed by atoms with Crippen LogP contribution in [0.5, 0.6) is 5.75 Å². The largest absolute Gasteiger partial charge is 0.507 e. The molecule has 2 aromatic rings. The lowest BCUT2D eigenvalue weighted by Gasteiger charge is -2.09. The molecule has 5 N–H and O–H groups in total. The van der Waals surface area contributed by atoms with E-state index in [0.29, 0.717) is 9.50 Å².